The van der Waals surface area contributed by atoms with Gasteiger partial charge < -0.3 is 10.5 Å². The first kappa shape index (κ1) is 15.8. The van der Waals surface area contributed by atoms with Gasteiger partial charge in [0.25, 0.3) is 0 Å². The third-order valence-electron chi connectivity index (χ3n) is 3.72. The number of amides is 1. The number of benzene rings is 1. The van der Waals surface area contributed by atoms with Crippen molar-refractivity contribution in [1.82, 2.24) is 4.31 Å². The number of carbonyl (C=O) groups is 1. The Hall–Kier alpha value is -1.60. The Morgan fingerprint density at radius 1 is 1.43 bits per heavy atom. The molecule has 0 spiro atoms. The summed E-state index contributed by atoms with van der Waals surface area (Å²) < 4.78 is 32.0. The minimum absolute atomic E-state index is 0.134. The highest BCUT2D eigenvalue weighted by molar-refractivity contribution is 7.89. The number of sulfonamides is 1. The van der Waals surface area contributed by atoms with Gasteiger partial charge >= 0.3 is 0 Å². The van der Waals surface area contributed by atoms with Gasteiger partial charge in [-0.15, -0.1) is 0 Å². The van der Waals surface area contributed by atoms with E-state index >= 15 is 0 Å². The minimum atomic E-state index is -3.69. The predicted molar refractivity (Wildman–Crippen MR) is 78.4 cm³/mol. The lowest BCUT2D eigenvalue weighted by atomic mass is 9.99. The minimum Gasteiger partial charge on any atom is -0.495 e. The molecular formula is C14H20N2O4S. The van der Waals surface area contributed by atoms with Gasteiger partial charge in [-0.3, -0.25) is 4.79 Å². The number of ether oxygens (including phenoxy) is 1. The van der Waals surface area contributed by atoms with Crippen molar-refractivity contribution >= 4 is 15.9 Å². The second-order valence-corrected chi connectivity index (χ2v) is 7.17. The summed E-state index contributed by atoms with van der Waals surface area (Å²) in [5.41, 5.74) is 6.14. The number of primary amides is 1. The van der Waals surface area contributed by atoms with Crippen LogP contribution in [0.4, 0.5) is 0 Å². The molecule has 1 saturated heterocycles. The standard InChI is InChI=1S/C14H20N2O4S/c1-10-5-6-12(20-2)13(8-10)21(18,19)16-7-3-4-11(9-16)14(15)17/h5-6,8,11H,3-4,7,9H2,1-2H3,(H2,15,17)/t11-/m1/s1. The molecule has 0 bridgehead atoms. The third kappa shape index (κ3) is 3.19. The van der Waals surface area contributed by atoms with Crippen LogP contribution in [-0.4, -0.2) is 38.8 Å². The molecule has 1 aliphatic heterocycles. The van der Waals surface area contributed by atoms with Gasteiger partial charge in [-0.05, 0) is 37.5 Å². The van der Waals surface area contributed by atoms with E-state index in [0.717, 1.165) is 5.56 Å². The number of rotatable bonds is 4. The van der Waals surface area contributed by atoms with Gasteiger partial charge in [0.05, 0.1) is 13.0 Å². The number of methoxy groups -OCH3 is 1. The number of hydrogen-bond donors (Lipinski definition) is 1. The normalized spacial score (nSPS) is 20.2. The van der Waals surface area contributed by atoms with Crippen molar-refractivity contribution in [2.24, 2.45) is 11.7 Å². The number of aryl methyl sites for hydroxylation is 1. The van der Waals surface area contributed by atoms with Crippen LogP contribution in [0.5, 0.6) is 5.75 Å². The maximum Gasteiger partial charge on any atom is 0.246 e. The van der Waals surface area contributed by atoms with Crippen LogP contribution in [0, 0.1) is 12.8 Å². The van der Waals surface area contributed by atoms with Crippen molar-refractivity contribution in [2.45, 2.75) is 24.7 Å². The molecular weight excluding hydrogens is 292 g/mol. The molecule has 0 unspecified atom stereocenters. The fourth-order valence-corrected chi connectivity index (χ4v) is 4.28. The molecule has 1 fully saturated rings. The Morgan fingerprint density at radius 3 is 2.76 bits per heavy atom. The Bertz CT molecular complexity index is 642. The first-order valence-electron chi connectivity index (χ1n) is 6.80. The first-order chi connectivity index (χ1) is 9.86. The molecule has 21 heavy (non-hydrogen) atoms. The van der Waals surface area contributed by atoms with Crippen LogP contribution in [0.25, 0.3) is 0 Å². The highest BCUT2D eigenvalue weighted by Gasteiger charge is 2.34. The van der Waals surface area contributed by atoms with Crippen molar-refractivity contribution < 1.29 is 17.9 Å². The van der Waals surface area contributed by atoms with E-state index in [4.69, 9.17) is 10.5 Å². The topological polar surface area (TPSA) is 89.7 Å². The second kappa shape index (κ2) is 6.03. The van der Waals surface area contributed by atoms with Crippen LogP contribution in [0.15, 0.2) is 23.1 Å². The molecule has 7 heteroatoms. The third-order valence-corrected chi connectivity index (χ3v) is 5.61. The molecule has 1 heterocycles. The summed E-state index contributed by atoms with van der Waals surface area (Å²) in [5, 5.41) is 0. The van der Waals surface area contributed by atoms with E-state index in [2.05, 4.69) is 0 Å². The quantitative estimate of drug-likeness (QED) is 0.894. The van der Waals surface area contributed by atoms with Crippen LogP contribution < -0.4 is 10.5 Å². The molecule has 0 radical (unpaired) electrons. The first-order valence-corrected chi connectivity index (χ1v) is 8.24. The molecule has 0 aliphatic carbocycles. The highest BCUT2D eigenvalue weighted by atomic mass is 32.2. The van der Waals surface area contributed by atoms with Gasteiger partial charge in [0.2, 0.25) is 15.9 Å². The fourth-order valence-electron chi connectivity index (χ4n) is 2.52. The van der Waals surface area contributed by atoms with E-state index in [1.165, 1.54) is 11.4 Å². The molecule has 1 atom stereocenters. The number of hydrogen-bond acceptors (Lipinski definition) is 4. The molecule has 1 aliphatic rings. The average Bonchev–Trinajstić information content (AvgIpc) is 2.47. The molecule has 1 amide bonds. The maximum atomic E-state index is 12.8. The van der Waals surface area contributed by atoms with Crippen LogP contribution >= 0.6 is 0 Å². The van der Waals surface area contributed by atoms with Gasteiger partial charge in [0.15, 0.2) is 0 Å². The van der Waals surface area contributed by atoms with Crippen LogP contribution in [0.3, 0.4) is 0 Å². The van der Waals surface area contributed by atoms with Gasteiger partial charge in [-0.2, -0.15) is 4.31 Å². The summed E-state index contributed by atoms with van der Waals surface area (Å²) in [5.74, 6) is -0.572. The van der Waals surface area contributed by atoms with Crippen LogP contribution in [-0.2, 0) is 14.8 Å². The molecule has 6 nitrogen and oxygen atoms in total. The number of nitrogens with two attached hydrogens (primary N) is 1. The van der Waals surface area contributed by atoms with Crippen molar-refractivity contribution in [3.63, 3.8) is 0 Å². The summed E-state index contributed by atoms with van der Waals surface area (Å²) in [6, 6.07) is 5.01. The molecule has 116 valence electrons. The SMILES string of the molecule is COc1ccc(C)cc1S(=O)(=O)N1CCC[C@@H](C(N)=O)C1. The van der Waals surface area contributed by atoms with Crippen molar-refractivity contribution in [2.75, 3.05) is 20.2 Å². The Labute approximate surface area is 124 Å². The average molecular weight is 312 g/mol. The summed E-state index contributed by atoms with van der Waals surface area (Å²) in [6.45, 7) is 2.35. The monoisotopic (exact) mass is 312 g/mol. The largest absolute Gasteiger partial charge is 0.495 e. The summed E-state index contributed by atoms with van der Waals surface area (Å²) in [7, 11) is -2.26. The Balaban J connectivity index is 2.38. The van der Waals surface area contributed by atoms with Gasteiger partial charge in [0, 0.05) is 13.1 Å². The number of carbonyl (C=O) groups excluding carboxylic acids is 1. The molecule has 1 aromatic carbocycles. The molecule has 2 rings (SSSR count). The van der Waals surface area contributed by atoms with Crippen LogP contribution in [0.2, 0.25) is 0 Å². The maximum absolute atomic E-state index is 12.8. The van der Waals surface area contributed by atoms with E-state index in [0.29, 0.717) is 25.1 Å². The lowest BCUT2D eigenvalue weighted by Crippen LogP contribution is -2.44. The lowest BCUT2D eigenvalue weighted by Gasteiger charge is -2.30. The van der Waals surface area contributed by atoms with Crippen molar-refractivity contribution in [1.29, 1.82) is 0 Å². The zero-order chi connectivity index (χ0) is 15.6. The van der Waals surface area contributed by atoms with E-state index < -0.39 is 21.8 Å². The van der Waals surface area contributed by atoms with E-state index in [1.807, 2.05) is 6.92 Å². The van der Waals surface area contributed by atoms with Gasteiger partial charge in [-0.1, -0.05) is 6.07 Å². The summed E-state index contributed by atoms with van der Waals surface area (Å²) in [4.78, 5) is 11.5. The Morgan fingerprint density at radius 2 is 2.14 bits per heavy atom. The zero-order valence-electron chi connectivity index (χ0n) is 12.2. The summed E-state index contributed by atoms with van der Waals surface area (Å²) >= 11 is 0. The number of piperidine rings is 1. The van der Waals surface area contributed by atoms with Crippen molar-refractivity contribution in [3.8, 4) is 5.75 Å². The predicted octanol–water partition coefficient (Wildman–Crippen LogP) is 0.890. The molecule has 0 saturated carbocycles. The zero-order valence-corrected chi connectivity index (χ0v) is 13.0. The molecule has 1 aromatic rings. The van der Waals surface area contributed by atoms with Crippen LogP contribution in [0.1, 0.15) is 18.4 Å². The molecule has 0 aromatic heterocycles. The van der Waals surface area contributed by atoms with Gasteiger partial charge in [-0.25, -0.2) is 8.42 Å². The second-order valence-electron chi connectivity index (χ2n) is 5.26. The van der Waals surface area contributed by atoms with E-state index in [9.17, 15) is 13.2 Å². The Kier molecular flexibility index (Phi) is 4.53. The van der Waals surface area contributed by atoms with Crippen molar-refractivity contribution in [3.05, 3.63) is 23.8 Å². The highest BCUT2D eigenvalue weighted by Crippen LogP contribution is 2.30. The van der Waals surface area contributed by atoms with E-state index in [-0.39, 0.29) is 11.4 Å². The van der Waals surface area contributed by atoms with E-state index in [1.54, 1.807) is 18.2 Å². The smallest absolute Gasteiger partial charge is 0.246 e. The fraction of sp³-hybridized carbons (Fsp3) is 0.500. The lowest BCUT2D eigenvalue weighted by molar-refractivity contribution is -0.122. The number of nitrogens with zero attached hydrogens (tertiary/aromatic N) is 1. The molecule has 2 N–H and O–H groups in total. The van der Waals surface area contributed by atoms with Gasteiger partial charge in [0.1, 0.15) is 10.6 Å². The summed E-state index contributed by atoms with van der Waals surface area (Å²) in [6.07, 6.45) is 1.26.